The van der Waals surface area contributed by atoms with E-state index in [-0.39, 0.29) is 22.2 Å². The number of hydrogen-bond donors (Lipinski definition) is 4. The number of rotatable bonds is 3. The summed E-state index contributed by atoms with van der Waals surface area (Å²) >= 11 is 14.2. The highest BCUT2D eigenvalue weighted by Gasteiger charge is 2.12. The third kappa shape index (κ3) is 5.02. The van der Waals surface area contributed by atoms with Gasteiger partial charge in [-0.15, -0.1) is 0 Å². The van der Waals surface area contributed by atoms with Gasteiger partial charge in [-0.1, -0.05) is 27.5 Å². The normalized spacial score (nSPS) is 10.0. The number of nitrogens with zero attached hydrogens (tertiary/aromatic N) is 1. The van der Waals surface area contributed by atoms with Crippen LogP contribution in [-0.4, -0.2) is 21.0 Å². The molecule has 0 saturated heterocycles. The van der Waals surface area contributed by atoms with Crippen LogP contribution in [0.4, 0.5) is 5.95 Å². The van der Waals surface area contributed by atoms with E-state index in [2.05, 4.69) is 42.1 Å². The van der Waals surface area contributed by atoms with Gasteiger partial charge in [0.15, 0.2) is 5.11 Å². The fraction of sp³-hybridized carbons (Fsp3) is 0.0769. The van der Waals surface area contributed by atoms with Crippen LogP contribution < -0.4 is 21.7 Å². The number of hydrazine groups is 1. The number of aryl methyl sites for hydroxylation is 1. The molecular weight excluding hydrogens is 406 g/mol. The zero-order chi connectivity index (χ0) is 17.0. The van der Waals surface area contributed by atoms with Gasteiger partial charge in [-0.3, -0.25) is 30.7 Å². The SMILES string of the molecule is Cc1cc(=O)[nH]c(NNC(=S)NC(=O)c2cc(Br)ccc2Cl)n1. The Balaban J connectivity index is 1.98. The van der Waals surface area contributed by atoms with Crippen molar-refractivity contribution in [3.8, 4) is 0 Å². The molecule has 1 aromatic heterocycles. The number of nitrogens with one attached hydrogen (secondary N) is 4. The molecule has 120 valence electrons. The molecule has 0 atom stereocenters. The molecule has 10 heteroatoms. The van der Waals surface area contributed by atoms with Crippen LogP contribution in [0.15, 0.2) is 33.5 Å². The Labute approximate surface area is 149 Å². The van der Waals surface area contributed by atoms with Gasteiger partial charge < -0.3 is 0 Å². The molecule has 7 nitrogen and oxygen atoms in total. The standard InChI is InChI=1S/C13H11BrClN5O2S/c1-6-4-10(21)17-12(16-6)19-20-13(23)18-11(22)8-5-7(14)2-3-9(8)15/h2-5H,1H3,(H2,16,17,19,21)(H2,18,20,22,23). The van der Waals surface area contributed by atoms with Crippen molar-refractivity contribution >= 4 is 56.7 Å². The average molecular weight is 417 g/mol. The van der Waals surface area contributed by atoms with Gasteiger partial charge in [-0.2, -0.15) is 0 Å². The van der Waals surface area contributed by atoms with E-state index in [9.17, 15) is 9.59 Å². The van der Waals surface area contributed by atoms with Crippen molar-refractivity contribution in [3.63, 3.8) is 0 Å². The molecule has 1 aromatic carbocycles. The van der Waals surface area contributed by atoms with E-state index in [1.54, 1.807) is 25.1 Å². The molecule has 1 heterocycles. The minimum Gasteiger partial charge on any atom is -0.298 e. The van der Waals surface area contributed by atoms with Crippen LogP contribution in [0.2, 0.25) is 5.02 Å². The van der Waals surface area contributed by atoms with Gasteiger partial charge >= 0.3 is 0 Å². The third-order valence-corrected chi connectivity index (χ3v) is 3.59. The highest BCUT2D eigenvalue weighted by Crippen LogP contribution is 2.20. The molecule has 23 heavy (non-hydrogen) atoms. The van der Waals surface area contributed by atoms with Crippen LogP contribution in [-0.2, 0) is 0 Å². The van der Waals surface area contributed by atoms with E-state index in [0.717, 1.165) is 0 Å². The molecule has 2 aromatic rings. The Hall–Kier alpha value is -1.97. The van der Waals surface area contributed by atoms with Crippen molar-refractivity contribution in [3.05, 3.63) is 55.4 Å². The van der Waals surface area contributed by atoms with Crippen LogP contribution in [0.25, 0.3) is 0 Å². The van der Waals surface area contributed by atoms with Crippen molar-refractivity contribution in [1.82, 2.24) is 20.7 Å². The van der Waals surface area contributed by atoms with E-state index in [1.165, 1.54) is 6.07 Å². The maximum atomic E-state index is 12.1. The van der Waals surface area contributed by atoms with Gasteiger partial charge in [0, 0.05) is 16.2 Å². The number of thiocarbonyl (C=S) groups is 1. The number of H-pyrrole nitrogens is 1. The summed E-state index contributed by atoms with van der Waals surface area (Å²) in [6, 6.07) is 6.24. The van der Waals surface area contributed by atoms with E-state index >= 15 is 0 Å². The lowest BCUT2D eigenvalue weighted by Crippen LogP contribution is -2.42. The topological polar surface area (TPSA) is 98.9 Å². The smallest absolute Gasteiger partial charge is 0.259 e. The second-order valence-corrected chi connectivity index (χ2v) is 6.12. The van der Waals surface area contributed by atoms with E-state index in [0.29, 0.717) is 15.2 Å². The summed E-state index contributed by atoms with van der Waals surface area (Å²) in [5, 5.41) is 2.75. The second-order valence-electron chi connectivity index (χ2n) is 4.39. The maximum Gasteiger partial charge on any atom is 0.259 e. The summed E-state index contributed by atoms with van der Waals surface area (Å²) in [5.41, 5.74) is 5.64. The van der Waals surface area contributed by atoms with Gasteiger partial charge in [-0.05, 0) is 37.3 Å². The number of amides is 1. The van der Waals surface area contributed by atoms with Crippen molar-refractivity contribution < 1.29 is 4.79 Å². The predicted octanol–water partition coefficient (Wildman–Crippen LogP) is 2.13. The first kappa shape index (κ1) is 17.4. The summed E-state index contributed by atoms with van der Waals surface area (Å²) in [4.78, 5) is 29.9. The number of aromatic nitrogens is 2. The number of anilines is 1. The van der Waals surface area contributed by atoms with Crippen LogP contribution in [0.5, 0.6) is 0 Å². The number of carbonyl (C=O) groups excluding carboxylic acids is 1. The first-order valence-corrected chi connectivity index (χ1v) is 7.83. The summed E-state index contributed by atoms with van der Waals surface area (Å²) in [6.07, 6.45) is 0. The predicted molar refractivity (Wildman–Crippen MR) is 95.6 cm³/mol. The number of halogens is 2. The summed E-state index contributed by atoms with van der Waals surface area (Å²) in [6.45, 7) is 1.68. The highest BCUT2D eigenvalue weighted by atomic mass is 79.9. The minimum atomic E-state index is -0.471. The molecule has 0 radical (unpaired) electrons. The quantitative estimate of drug-likeness (QED) is 0.452. The lowest BCUT2D eigenvalue weighted by atomic mass is 10.2. The van der Waals surface area contributed by atoms with Crippen molar-refractivity contribution in [2.45, 2.75) is 6.92 Å². The van der Waals surface area contributed by atoms with E-state index in [1.807, 2.05) is 0 Å². The fourth-order valence-electron chi connectivity index (χ4n) is 1.63. The second kappa shape index (κ2) is 7.53. The van der Waals surface area contributed by atoms with E-state index in [4.69, 9.17) is 23.8 Å². The molecule has 4 N–H and O–H groups in total. The van der Waals surface area contributed by atoms with Gasteiger partial charge in [0.25, 0.3) is 11.5 Å². The fourth-order valence-corrected chi connectivity index (χ4v) is 2.34. The monoisotopic (exact) mass is 415 g/mol. The minimum absolute atomic E-state index is 0.00445. The molecule has 2 rings (SSSR count). The molecule has 0 unspecified atom stereocenters. The maximum absolute atomic E-state index is 12.1. The molecule has 0 aliphatic carbocycles. The third-order valence-electron chi connectivity index (χ3n) is 2.56. The van der Waals surface area contributed by atoms with Crippen LogP contribution >= 0.6 is 39.7 Å². The largest absolute Gasteiger partial charge is 0.298 e. The van der Waals surface area contributed by atoms with Crippen molar-refractivity contribution in [1.29, 1.82) is 0 Å². The van der Waals surface area contributed by atoms with Crippen LogP contribution in [0.1, 0.15) is 16.1 Å². The molecule has 0 bridgehead atoms. The molecule has 0 aliphatic heterocycles. The first-order valence-electron chi connectivity index (χ1n) is 6.25. The molecular formula is C13H11BrClN5O2S. The number of carbonyl (C=O) groups is 1. The van der Waals surface area contributed by atoms with Gasteiger partial charge in [0.2, 0.25) is 5.95 Å². The number of benzene rings is 1. The summed E-state index contributed by atoms with van der Waals surface area (Å²) < 4.78 is 0.714. The van der Waals surface area contributed by atoms with Crippen molar-refractivity contribution in [2.75, 3.05) is 5.43 Å². The van der Waals surface area contributed by atoms with Crippen molar-refractivity contribution in [2.24, 2.45) is 0 Å². The lowest BCUT2D eigenvalue weighted by molar-refractivity contribution is 0.0977. The Morgan fingerprint density at radius 2 is 2.13 bits per heavy atom. The van der Waals surface area contributed by atoms with Gasteiger partial charge in [0.05, 0.1) is 10.6 Å². The zero-order valence-corrected chi connectivity index (χ0v) is 14.9. The Kier molecular flexibility index (Phi) is 5.69. The van der Waals surface area contributed by atoms with E-state index < -0.39 is 5.91 Å². The van der Waals surface area contributed by atoms with Gasteiger partial charge in [0.1, 0.15) is 0 Å². The average Bonchev–Trinajstić information content (AvgIpc) is 2.46. The molecule has 0 aliphatic rings. The zero-order valence-electron chi connectivity index (χ0n) is 11.7. The van der Waals surface area contributed by atoms with Crippen LogP contribution in [0, 0.1) is 6.92 Å². The molecule has 0 saturated carbocycles. The van der Waals surface area contributed by atoms with Crippen LogP contribution in [0.3, 0.4) is 0 Å². The summed E-state index contributed by atoms with van der Waals surface area (Å²) in [7, 11) is 0. The number of hydrogen-bond acceptors (Lipinski definition) is 5. The Morgan fingerprint density at radius 1 is 1.39 bits per heavy atom. The highest BCUT2D eigenvalue weighted by molar-refractivity contribution is 9.10. The number of aromatic amines is 1. The van der Waals surface area contributed by atoms with Gasteiger partial charge in [-0.25, -0.2) is 4.98 Å². The summed E-state index contributed by atoms with van der Waals surface area (Å²) in [5.74, 6) is -0.298. The first-order chi connectivity index (χ1) is 10.8. The molecule has 0 fully saturated rings. The molecule has 1 amide bonds. The Bertz CT molecular complexity index is 826. The lowest BCUT2D eigenvalue weighted by Gasteiger charge is -2.11. The Morgan fingerprint density at radius 3 is 2.83 bits per heavy atom. The molecule has 0 spiro atoms.